The van der Waals surface area contributed by atoms with Crippen LogP contribution < -0.4 is 0 Å². The highest BCUT2D eigenvalue weighted by atomic mass is 13.9. The van der Waals surface area contributed by atoms with Crippen LogP contribution in [0.25, 0.3) is 0 Å². The molecule has 0 heterocycles. The fourth-order valence-electron chi connectivity index (χ4n) is 0.931. The van der Waals surface area contributed by atoms with Gasteiger partial charge >= 0.3 is 0 Å². The molecular weight excluding hydrogens is 360 g/mol. The van der Waals surface area contributed by atoms with Crippen molar-refractivity contribution in [3.63, 3.8) is 0 Å². The normalized spacial score (nSPS) is 6.00. The molecule has 0 aliphatic carbocycles. The second-order valence-corrected chi connectivity index (χ2v) is 6.34. The molecule has 0 aromatic heterocycles. The molecule has 0 amide bonds. The molecule has 0 aromatic carbocycles. The molecule has 30 heavy (non-hydrogen) atoms. The third-order valence-corrected chi connectivity index (χ3v) is 2.89. The first-order valence-electron chi connectivity index (χ1n) is 9.37. The maximum Gasteiger partial charge on any atom is -0.0471 e. The van der Waals surface area contributed by atoms with E-state index in [1.54, 1.807) is 0 Å². The van der Waals surface area contributed by atoms with Gasteiger partial charge in [0.05, 0.1) is 0 Å². The van der Waals surface area contributed by atoms with Crippen molar-refractivity contribution in [2.24, 2.45) is 11.8 Å². The van der Waals surface area contributed by atoms with E-state index < -0.39 is 0 Å². The van der Waals surface area contributed by atoms with Crippen LogP contribution in [-0.4, -0.2) is 0 Å². The van der Waals surface area contributed by atoms with Crippen LogP contribution >= 0.6 is 0 Å². The quantitative estimate of drug-likeness (QED) is 0.378. The van der Waals surface area contributed by atoms with Crippen molar-refractivity contribution in [1.82, 2.24) is 0 Å². The fourth-order valence-corrected chi connectivity index (χ4v) is 0.931. The molecule has 0 N–H and O–H groups in total. The van der Waals surface area contributed by atoms with E-state index in [0.29, 0.717) is 0 Å². The Balaban J connectivity index is -0.00000000858. The first kappa shape index (κ1) is 98.6. The fraction of sp³-hybridized carbons (Fsp3) is 1.00. The van der Waals surface area contributed by atoms with E-state index in [4.69, 9.17) is 0 Å². The summed E-state index contributed by atoms with van der Waals surface area (Å²) < 4.78 is 0. The lowest BCUT2D eigenvalue weighted by atomic mass is 10.1. The number of hydrogen-bond donors (Lipinski definition) is 0. The minimum Gasteiger partial charge on any atom is -0.0776 e. The summed E-state index contributed by atoms with van der Waals surface area (Å²) in [6.45, 7) is 22.2. The van der Waals surface area contributed by atoms with E-state index in [9.17, 15) is 0 Å². The van der Waals surface area contributed by atoms with Crippen LogP contribution in [0.2, 0.25) is 0 Å². The molecule has 0 aromatic rings. The number of rotatable bonds is 6. The lowest BCUT2D eigenvalue weighted by molar-refractivity contribution is 0.576. The second-order valence-electron chi connectivity index (χ2n) is 6.34. The van der Waals surface area contributed by atoms with Gasteiger partial charge in [-0.2, -0.15) is 0 Å². The van der Waals surface area contributed by atoms with Gasteiger partial charge in [0.1, 0.15) is 0 Å². The molecule has 0 fully saturated rings. The molecule has 0 aliphatic heterocycles. The maximum absolute atomic E-state index is 2.25. The smallest absolute Gasteiger partial charge is 0.0471 e. The van der Waals surface area contributed by atoms with Gasteiger partial charge < -0.3 is 0 Å². The lowest BCUT2D eigenvalue weighted by Crippen LogP contribution is -1.81. The Morgan fingerprint density at radius 2 is 0.600 bits per heavy atom. The summed E-state index contributed by atoms with van der Waals surface area (Å²) in [5.41, 5.74) is 0. The molecule has 0 heteroatoms. The molecule has 0 aliphatic rings. The van der Waals surface area contributed by atoms with Gasteiger partial charge in [-0.1, -0.05) is 195 Å². The highest BCUT2D eigenvalue weighted by Crippen LogP contribution is 2.00. The van der Waals surface area contributed by atoms with Crippen LogP contribution in [0.15, 0.2) is 0 Å². The second kappa shape index (κ2) is 116. The Labute approximate surface area is 206 Å². The lowest BCUT2D eigenvalue weighted by Gasteiger charge is -1.95. The zero-order valence-corrected chi connectivity index (χ0v) is 16.8. The standard InChI is InChI=1S/C6H14.2C5H12.C4H10.10CH4/c1-4-5-6(2)3;1-4-5(2)3;1-3-5-4-2;1-3-4-2;;;;;;;;;;/h6H,4-5H2,1-3H3;5H,4H2,1-3H3;3-5H2,1-2H3;3-4H2,1-2H3;10*1H4. The Morgan fingerprint density at radius 3 is 0.600 bits per heavy atom. The predicted octanol–water partition coefficient (Wildman–Crippen LogP) is 14.9. The van der Waals surface area contributed by atoms with Crippen molar-refractivity contribution in [3.05, 3.63) is 0 Å². The van der Waals surface area contributed by atoms with Crippen LogP contribution in [0.3, 0.4) is 0 Å². The minimum absolute atomic E-state index is 0. The third kappa shape index (κ3) is 319. The maximum atomic E-state index is 2.25. The van der Waals surface area contributed by atoms with Gasteiger partial charge in [0, 0.05) is 0 Å². The summed E-state index contributed by atoms with van der Waals surface area (Å²) in [6, 6.07) is 0. The monoisotopic (exact) mass is 449 g/mol. The molecule has 0 radical (unpaired) electrons. The van der Waals surface area contributed by atoms with Crippen LogP contribution in [0.1, 0.15) is 195 Å². The molecule has 208 valence electrons. The molecule has 0 saturated heterocycles. The Hall–Kier alpha value is 0. The first-order valence-corrected chi connectivity index (χ1v) is 9.37. The summed E-state index contributed by atoms with van der Waals surface area (Å²) in [7, 11) is 0. The van der Waals surface area contributed by atoms with Crippen LogP contribution in [-0.2, 0) is 0 Å². The van der Waals surface area contributed by atoms with Crippen LogP contribution in [0, 0.1) is 11.8 Å². The average Bonchev–Trinajstić information content (AvgIpc) is 2.41. The van der Waals surface area contributed by atoms with E-state index in [1.165, 1.54) is 51.4 Å². The van der Waals surface area contributed by atoms with Crippen molar-refractivity contribution < 1.29 is 0 Å². The van der Waals surface area contributed by atoms with Crippen LogP contribution in [0.4, 0.5) is 0 Å². The molecule has 0 nitrogen and oxygen atoms in total. The SMILES string of the molecule is C.C.C.C.C.C.C.C.C.C.CCC(C)C.CCCC.CCCC(C)C.CCCCC. The van der Waals surface area contributed by atoms with Gasteiger partial charge in [0.15, 0.2) is 0 Å². The predicted molar refractivity (Wildman–Crippen MR) is 168 cm³/mol. The minimum atomic E-state index is 0. The summed E-state index contributed by atoms with van der Waals surface area (Å²) in [5.74, 6) is 1.78. The Kier molecular flexibility index (Phi) is 381. The van der Waals surface area contributed by atoms with Crippen molar-refractivity contribution in [2.75, 3.05) is 0 Å². The van der Waals surface area contributed by atoms with Gasteiger partial charge in [0.25, 0.3) is 0 Å². The van der Waals surface area contributed by atoms with E-state index in [-0.39, 0.29) is 74.3 Å². The molecule has 0 bridgehead atoms. The number of hydrogen-bond acceptors (Lipinski definition) is 0. The van der Waals surface area contributed by atoms with Crippen molar-refractivity contribution >= 4 is 0 Å². The van der Waals surface area contributed by atoms with Crippen LogP contribution in [0.5, 0.6) is 0 Å². The van der Waals surface area contributed by atoms with Gasteiger partial charge in [-0.25, -0.2) is 0 Å². The van der Waals surface area contributed by atoms with Gasteiger partial charge in [-0.3, -0.25) is 0 Å². The molecular formula is C30H88. The Morgan fingerprint density at radius 1 is 0.367 bits per heavy atom. The van der Waals surface area contributed by atoms with Gasteiger partial charge in [0.2, 0.25) is 0 Å². The highest BCUT2D eigenvalue weighted by Gasteiger charge is 1.85. The van der Waals surface area contributed by atoms with E-state index in [0.717, 1.165) is 11.8 Å². The van der Waals surface area contributed by atoms with Crippen molar-refractivity contribution in [3.8, 4) is 0 Å². The number of unbranched alkanes of at least 4 members (excludes halogenated alkanes) is 3. The highest BCUT2D eigenvalue weighted by molar-refractivity contribution is 4.38. The molecule has 0 atom stereocenters. The summed E-state index contributed by atoms with van der Waals surface area (Å²) >= 11 is 0. The average molecular weight is 449 g/mol. The van der Waals surface area contributed by atoms with Crippen molar-refractivity contribution in [2.45, 2.75) is 195 Å². The molecule has 0 saturated carbocycles. The first-order chi connectivity index (χ1) is 9.37. The van der Waals surface area contributed by atoms with E-state index >= 15 is 0 Å². The topological polar surface area (TPSA) is 0 Å². The third-order valence-electron chi connectivity index (χ3n) is 2.89. The summed E-state index contributed by atoms with van der Waals surface area (Å²) in [4.78, 5) is 0. The molecule has 0 rings (SSSR count). The van der Waals surface area contributed by atoms with E-state index in [2.05, 4.69) is 69.2 Å². The van der Waals surface area contributed by atoms with Crippen molar-refractivity contribution in [1.29, 1.82) is 0 Å². The largest absolute Gasteiger partial charge is 0.0776 e. The van der Waals surface area contributed by atoms with Gasteiger partial charge in [-0.15, -0.1) is 0 Å². The van der Waals surface area contributed by atoms with Gasteiger partial charge in [-0.05, 0) is 11.8 Å². The van der Waals surface area contributed by atoms with E-state index in [1.807, 2.05) is 0 Å². The Bertz CT molecular complexity index is 98.6. The molecule has 0 unspecified atom stereocenters. The summed E-state index contributed by atoms with van der Waals surface area (Å²) in [5, 5.41) is 0. The summed E-state index contributed by atoms with van der Waals surface area (Å²) in [6.07, 6.45) is 10.7. The zero-order valence-electron chi connectivity index (χ0n) is 16.8. The zero-order chi connectivity index (χ0) is 16.8. The molecule has 0 spiro atoms.